The van der Waals surface area contributed by atoms with E-state index in [2.05, 4.69) is 35.4 Å². The molecule has 30 heavy (non-hydrogen) atoms. The molecule has 5 nitrogen and oxygen atoms in total. The Morgan fingerprint density at radius 1 is 1.07 bits per heavy atom. The van der Waals surface area contributed by atoms with Crippen molar-refractivity contribution in [1.29, 1.82) is 0 Å². The van der Waals surface area contributed by atoms with Gasteiger partial charge in [-0.1, -0.05) is 46.0 Å². The Morgan fingerprint density at radius 2 is 1.77 bits per heavy atom. The number of nitrogens with one attached hydrogen (secondary N) is 2. The second-order valence-electron chi connectivity index (χ2n) is 9.74. The molecule has 1 saturated heterocycles. The topological polar surface area (TPSA) is 57.3 Å². The van der Waals surface area contributed by atoms with Crippen LogP contribution in [0.4, 0.5) is 11.6 Å². The van der Waals surface area contributed by atoms with E-state index in [0.717, 1.165) is 35.9 Å². The van der Waals surface area contributed by atoms with Gasteiger partial charge in [-0.25, -0.2) is 4.98 Å². The van der Waals surface area contributed by atoms with Crippen LogP contribution in [-0.2, 0) is 39.3 Å². The molecule has 6 heteroatoms. The van der Waals surface area contributed by atoms with E-state index < -0.39 is 0 Å². The summed E-state index contributed by atoms with van der Waals surface area (Å²) in [5.74, 6) is 1.89. The molecule has 3 aliphatic rings. The molecule has 1 aliphatic carbocycles. The summed E-state index contributed by atoms with van der Waals surface area (Å²) in [7, 11) is 0. The number of fused-ring (bicyclic) bond motifs is 1. The summed E-state index contributed by atoms with van der Waals surface area (Å²) in [6.45, 7) is 7.47. The summed E-state index contributed by atoms with van der Waals surface area (Å²) < 4.78 is 0. The first-order valence-corrected chi connectivity index (χ1v) is 11.4. The molecule has 1 aromatic rings. The fraction of sp³-hybridized carbons (Fsp3) is 0.708. The van der Waals surface area contributed by atoms with Gasteiger partial charge < -0.3 is 23.0 Å². The zero-order chi connectivity index (χ0) is 19.6. The van der Waals surface area contributed by atoms with Crippen molar-refractivity contribution < 1.29 is 37.5 Å². The van der Waals surface area contributed by atoms with Crippen LogP contribution >= 0.6 is 0 Å². The first-order chi connectivity index (χ1) is 13.5. The summed E-state index contributed by atoms with van der Waals surface area (Å²) in [6.07, 6.45) is 12.6. The standard InChI is InChI=1S/C23H36N4O.CH3.Y/c1-23(2)11-8-13-27(14-12-23)19-15-17-16-24-22(28)20(17)21(26-19)25-18-9-6-4-3-5-7-10-18;;/h15,18H,3-14,16H2,1-2H3,(H,24,28)(H,25,26);1H3;/q;-1;. The summed E-state index contributed by atoms with van der Waals surface area (Å²) in [5.41, 5.74) is 2.29. The molecule has 1 radical (unpaired) electrons. The maximum absolute atomic E-state index is 12.5. The largest absolute Gasteiger partial charge is 0.367 e. The molecule has 0 spiro atoms. The molecule has 3 heterocycles. The zero-order valence-electron chi connectivity index (χ0n) is 19.2. The average molecular weight is 489 g/mol. The molecular formula is C24H39N4OY-. The maximum atomic E-state index is 12.5. The van der Waals surface area contributed by atoms with E-state index in [0.29, 0.717) is 18.0 Å². The molecule has 2 fully saturated rings. The third-order valence-corrected chi connectivity index (χ3v) is 6.86. The molecule has 2 aliphatic heterocycles. The monoisotopic (exact) mass is 488 g/mol. The van der Waals surface area contributed by atoms with Crippen LogP contribution in [0.1, 0.15) is 94.0 Å². The quantitative estimate of drug-likeness (QED) is 0.566. The number of carbonyl (C=O) groups is 1. The third-order valence-electron chi connectivity index (χ3n) is 6.86. The van der Waals surface area contributed by atoms with Crippen LogP contribution in [0.15, 0.2) is 6.07 Å². The summed E-state index contributed by atoms with van der Waals surface area (Å²) in [6, 6.07) is 2.58. The fourth-order valence-corrected chi connectivity index (χ4v) is 4.95. The van der Waals surface area contributed by atoms with Gasteiger partial charge in [0.1, 0.15) is 11.6 Å². The Bertz CT molecular complexity index is 713. The van der Waals surface area contributed by atoms with E-state index in [1.54, 1.807) is 0 Å². The van der Waals surface area contributed by atoms with Gasteiger partial charge in [0.15, 0.2) is 0 Å². The minimum absolute atomic E-state index is 0. The molecule has 1 amide bonds. The molecule has 1 aromatic heterocycles. The van der Waals surface area contributed by atoms with Crippen LogP contribution in [0.2, 0.25) is 0 Å². The van der Waals surface area contributed by atoms with Crippen molar-refractivity contribution in [1.82, 2.24) is 10.3 Å². The summed E-state index contributed by atoms with van der Waals surface area (Å²) in [4.78, 5) is 19.9. The molecule has 165 valence electrons. The Morgan fingerprint density at radius 3 is 2.50 bits per heavy atom. The zero-order valence-corrected chi connectivity index (χ0v) is 22.1. The van der Waals surface area contributed by atoms with Crippen molar-refractivity contribution in [2.75, 3.05) is 23.3 Å². The predicted molar refractivity (Wildman–Crippen MR) is 121 cm³/mol. The number of anilines is 2. The van der Waals surface area contributed by atoms with E-state index in [1.165, 1.54) is 64.2 Å². The Balaban J connectivity index is 0.00000160. The van der Waals surface area contributed by atoms with E-state index >= 15 is 0 Å². The number of amides is 1. The van der Waals surface area contributed by atoms with Gasteiger partial charge in [0.05, 0.1) is 5.56 Å². The minimum atomic E-state index is 0. The number of hydrogen-bond donors (Lipinski definition) is 2. The molecule has 0 bridgehead atoms. The predicted octanol–water partition coefficient (Wildman–Crippen LogP) is 5.31. The molecule has 0 unspecified atom stereocenters. The third kappa shape index (κ3) is 6.19. The van der Waals surface area contributed by atoms with Crippen molar-refractivity contribution in [2.24, 2.45) is 5.41 Å². The Labute approximate surface area is 208 Å². The van der Waals surface area contributed by atoms with Gasteiger partial charge in [-0.05, 0) is 49.1 Å². The summed E-state index contributed by atoms with van der Waals surface area (Å²) >= 11 is 0. The second kappa shape index (κ2) is 11.3. The van der Waals surface area contributed by atoms with Gasteiger partial charge >= 0.3 is 0 Å². The number of pyridine rings is 1. The average Bonchev–Trinajstić information content (AvgIpc) is 2.90. The number of carbonyl (C=O) groups excluding carboxylic acids is 1. The summed E-state index contributed by atoms with van der Waals surface area (Å²) in [5, 5.41) is 6.70. The van der Waals surface area contributed by atoms with Crippen LogP contribution in [0.3, 0.4) is 0 Å². The van der Waals surface area contributed by atoms with Crippen LogP contribution in [-0.4, -0.2) is 30.0 Å². The van der Waals surface area contributed by atoms with Crippen molar-refractivity contribution in [2.45, 2.75) is 90.6 Å². The first kappa shape index (κ1) is 25.6. The van der Waals surface area contributed by atoms with Crippen molar-refractivity contribution in [3.05, 3.63) is 24.6 Å². The normalized spacial score (nSPS) is 21.8. The molecule has 2 N–H and O–H groups in total. The van der Waals surface area contributed by atoms with Crippen molar-refractivity contribution >= 4 is 17.5 Å². The number of rotatable bonds is 3. The molecular weight excluding hydrogens is 449 g/mol. The van der Waals surface area contributed by atoms with E-state index in [4.69, 9.17) is 4.98 Å². The number of aromatic nitrogens is 1. The van der Waals surface area contributed by atoms with Crippen LogP contribution < -0.4 is 15.5 Å². The van der Waals surface area contributed by atoms with E-state index in [1.807, 2.05) is 0 Å². The van der Waals surface area contributed by atoms with Crippen molar-refractivity contribution in [3.63, 3.8) is 0 Å². The van der Waals surface area contributed by atoms with Gasteiger partial charge in [0.25, 0.3) is 5.91 Å². The van der Waals surface area contributed by atoms with Gasteiger partial charge in [-0.3, -0.25) is 4.79 Å². The Hall–Kier alpha value is -0.676. The van der Waals surface area contributed by atoms with Gasteiger partial charge in [0.2, 0.25) is 0 Å². The first-order valence-electron chi connectivity index (χ1n) is 11.4. The minimum Gasteiger partial charge on any atom is -0.367 e. The van der Waals surface area contributed by atoms with Gasteiger partial charge in [-0.2, -0.15) is 0 Å². The molecule has 4 rings (SSSR count). The van der Waals surface area contributed by atoms with Crippen LogP contribution in [0.5, 0.6) is 0 Å². The SMILES string of the molecule is CC1(C)CCCN(c2cc3c(c(NC4CCCCCCC4)n2)C(=O)NC3)CC1.[CH3-].[Y]. The van der Waals surface area contributed by atoms with Gasteiger partial charge in [-0.15, -0.1) is 0 Å². The smallest absolute Gasteiger partial charge is 0.255 e. The molecule has 0 aromatic carbocycles. The van der Waals surface area contributed by atoms with Crippen molar-refractivity contribution in [3.8, 4) is 0 Å². The fourth-order valence-electron chi connectivity index (χ4n) is 4.95. The van der Waals surface area contributed by atoms with E-state index in [9.17, 15) is 4.79 Å². The Kier molecular flexibility index (Phi) is 9.61. The number of nitrogens with zero attached hydrogens (tertiary/aromatic N) is 2. The maximum Gasteiger partial charge on any atom is 0.255 e. The molecule has 0 atom stereocenters. The van der Waals surface area contributed by atoms with Crippen LogP contribution in [0.25, 0.3) is 0 Å². The second-order valence-corrected chi connectivity index (χ2v) is 9.74. The number of hydrogen-bond acceptors (Lipinski definition) is 4. The van der Waals surface area contributed by atoms with E-state index in [-0.39, 0.29) is 46.0 Å². The van der Waals surface area contributed by atoms with Crippen LogP contribution in [0, 0.1) is 12.8 Å². The van der Waals surface area contributed by atoms with Gasteiger partial charge in [0, 0.05) is 58.4 Å². The molecule has 1 saturated carbocycles.